The molecular weight excluding hydrogens is 180 g/mol. The third kappa shape index (κ3) is 3.23. The van der Waals surface area contributed by atoms with Gasteiger partial charge in [-0.25, -0.2) is 0 Å². The number of carbonyl (C=O) groups is 1. The van der Waals surface area contributed by atoms with E-state index in [9.17, 15) is 4.79 Å². The Labute approximate surface area is 83.5 Å². The van der Waals surface area contributed by atoms with Gasteiger partial charge in [0.1, 0.15) is 5.78 Å². The zero-order valence-electron chi connectivity index (χ0n) is 7.99. The number of thioether (sulfide) groups is 1. The number of ketones is 1. The number of benzene rings is 1. The third-order valence-corrected chi connectivity index (χ3v) is 2.94. The van der Waals surface area contributed by atoms with Crippen LogP contribution in [0.1, 0.15) is 24.2 Å². The van der Waals surface area contributed by atoms with E-state index in [-0.39, 0.29) is 5.78 Å². The monoisotopic (exact) mass is 194 g/mol. The molecule has 1 unspecified atom stereocenters. The lowest BCUT2D eigenvalue weighted by atomic mass is 10.1. The minimum atomic E-state index is 0.253. The van der Waals surface area contributed by atoms with E-state index in [0.717, 1.165) is 0 Å². The molecule has 0 radical (unpaired) electrons. The van der Waals surface area contributed by atoms with Crippen LogP contribution in [0.4, 0.5) is 0 Å². The number of hydrogen-bond acceptors (Lipinski definition) is 2. The molecule has 0 saturated carbocycles. The van der Waals surface area contributed by atoms with Crippen molar-refractivity contribution in [1.82, 2.24) is 0 Å². The lowest BCUT2D eigenvalue weighted by Crippen LogP contribution is -1.99. The highest BCUT2D eigenvalue weighted by Gasteiger charge is 2.11. The highest BCUT2D eigenvalue weighted by molar-refractivity contribution is 7.98. The van der Waals surface area contributed by atoms with Crippen molar-refractivity contribution in [1.29, 1.82) is 0 Å². The maximum Gasteiger partial charge on any atom is 0.131 e. The molecule has 13 heavy (non-hydrogen) atoms. The van der Waals surface area contributed by atoms with Crippen LogP contribution in [-0.4, -0.2) is 12.0 Å². The summed E-state index contributed by atoms with van der Waals surface area (Å²) in [4.78, 5) is 11.0. The predicted molar refractivity (Wildman–Crippen MR) is 58.0 cm³/mol. The standard InChI is InChI=1S/C11H14OS/c1-9(12)8-11(13-2)10-6-4-3-5-7-10/h3-7,11H,8H2,1-2H3. The largest absolute Gasteiger partial charge is 0.300 e. The summed E-state index contributed by atoms with van der Waals surface area (Å²) in [7, 11) is 0. The van der Waals surface area contributed by atoms with Crippen LogP contribution < -0.4 is 0 Å². The van der Waals surface area contributed by atoms with Crippen LogP contribution in [0.15, 0.2) is 30.3 Å². The van der Waals surface area contributed by atoms with Gasteiger partial charge >= 0.3 is 0 Å². The van der Waals surface area contributed by atoms with E-state index in [1.165, 1.54) is 5.56 Å². The smallest absolute Gasteiger partial charge is 0.131 e. The first-order chi connectivity index (χ1) is 6.24. The van der Waals surface area contributed by atoms with Crippen LogP contribution in [0.2, 0.25) is 0 Å². The van der Waals surface area contributed by atoms with E-state index in [1.54, 1.807) is 18.7 Å². The van der Waals surface area contributed by atoms with Crippen molar-refractivity contribution in [2.24, 2.45) is 0 Å². The maximum absolute atomic E-state index is 11.0. The zero-order chi connectivity index (χ0) is 9.68. The second-order valence-corrected chi connectivity index (χ2v) is 4.08. The lowest BCUT2D eigenvalue weighted by Gasteiger charge is -2.12. The molecule has 1 aromatic rings. The zero-order valence-corrected chi connectivity index (χ0v) is 8.80. The summed E-state index contributed by atoms with van der Waals surface area (Å²) in [6, 6.07) is 10.2. The Morgan fingerprint density at radius 2 is 2.00 bits per heavy atom. The van der Waals surface area contributed by atoms with Crippen LogP contribution in [0.5, 0.6) is 0 Å². The van der Waals surface area contributed by atoms with Gasteiger partial charge in [0.2, 0.25) is 0 Å². The van der Waals surface area contributed by atoms with Gasteiger partial charge < -0.3 is 0 Å². The van der Waals surface area contributed by atoms with Gasteiger partial charge in [-0.15, -0.1) is 0 Å². The first kappa shape index (κ1) is 10.3. The topological polar surface area (TPSA) is 17.1 Å². The van der Waals surface area contributed by atoms with E-state index in [1.807, 2.05) is 24.5 Å². The molecule has 0 bridgehead atoms. The number of hydrogen-bond donors (Lipinski definition) is 0. The molecule has 1 rings (SSSR count). The van der Waals surface area contributed by atoms with Gasteiger partial charge in [-0.1, -0.05) is 30.3 Å². The van der Waals surface area contributed by atoms with Gasteiger partial charge in [0, 0.05) is 11.7 Å². The van der Waals surface area contributed by atoms with Crippen molar-refractivity contribution < 1.29 is 4.79 Å². The second-order valence-electron chi connectivity index (χ2n) is 3.04. The Morgan fingerprint density at radius 1 is 1.38 bits per heavy atom. The molecule has 0 amide bonds. The molecular formula is C11H14OS. The van der Waals surface area contributed by atoms with Crippen molar-refractivity contribution in [3.8, 4) is 0 Å². The average molecular weight is 194 g/mol. The number of rotatable bonds is 4. The van der Waals surface area contributed by atoms with Crippen molar-refractivity contribution in [2.45, 2.75) is 18.6 Å². The minimum Gasteiger partial charge on any atom is -0.300 e. The van der Waals surface area contributed by atoms with E-state index in [4.69, 9.17) is 0 Å². The summed E-state index contributed by atoms with van der Waals surface area (Å²) in [6.07, 6.45) is 2.67. The van der Waals surface area contributed by atoms with Crippen LogP contribution in [0, 0.1) is 0 Å². The van der Waals surface area contributed by atoms with Crippen molar-refractivity contribution in [3.05, 3.63) is 35.9 Å². The molecule has 0 aromatic heterocycles. The van der Waals surface area contributed by atoms with E-state index in [0.29, 0.717) is 11.7 Å². The molecule has 0 aliphatic heterocycles. The van der Waals surface area contributed by atoms with Gasteiger partial charge in [-0.05, 0) is 18.7 Å². The van der Waals surface area contributed by atoms with Crippen molar-refractivity contribution in [2.75, 3.05) is 6.26 Å². The van der Waals surface area contributed by atoms with Crippen LogP contribution in [0.3, 0.4) is 0 Å². The normalized spacial score (nSPS) is 12.5. The molecule has 2 heteroatoms. The van der Waals surface area contributed by atoms with Gasteiger partial charge in [-0.2, -0.15) is 11.8 Å². The van der Waals surface area contributed by atoms with Gasteiger partial charge in [0.05, 0.1) is 0 Å². The molecule has 0 heterocycles. The summed E-state index contributed by atoms with van der Waals surface area (Å²) in [5, 5.41) is 0.318. The summed E-state index contributed by atoms with van der Waals surface area (Å²) in [5.41, 5.74) is 1.24. The van der Waals surface area contributed by atoms with E-state index in [2.05, 4.69) is 12.1 Å². The molecule has 0 aliphatic rings. The van der Waals surface area contributed by atoms with Crippen LogP contribution >= 0.6 is 11.8 Å². The Morgan fingerprint density at radius 3 is 2.46 bits per heavy atom. The summed E-state index contributed by atoms with van der Waals surface area (Å²) >= 11 is 1.73. The quantitative estimate of drug-likeness (QED) is 0.732. The molecule has 0 spiro atoms. The Kier molecular flexibility index (Phi) is 4.03. The van der Waals surface area contributed by atoms with Crippen molar-refractivity contribution in [3.63, 3.8) is 0 Å². The van der Waals surface area contributed by atoms with Gasteiger partial charge in [0.25, 0.3) is 0 Å². The fourth-order valence-corrected chi connectivity index (χ4v) is 2.10. The Hall–Kier alpha value is -0.760. The molecule has 0 N–H and O–H groups in total. The molecule has 0 aliphatic carbocycles. The average Bonchev–Trinajstić information content (AvgIpc) is 2.15. The SMILES string of the molecule is CSC(CC(C)=O)c1ccccc1. The third-order valence-electron chi connectivity index (χ3n) is 1.93. The molecule has 0 fully saturated rings. The summed E-state index contributed by atoms with van der Waals surface area (Å²) < 4.78 is 0. The fraction of sp³-hybridized carbons (Fsp3) is 0.364. The maximum atomic E-state index is 11.0. The fourth-order valence-electron chi connectivity index (χ4n) is 1.27. The number of Topliss-reactive ketones (excluding diaryl/α,β-unsaturated/α-hetero) is 1. The minimum absolute atomic E-state index is 0.253. The molecule has 1 nitrogen and oxygen atoms in total. The van der Waals surface area contributed by atoms with Gasteiger partial charge in [0.15, 0.2) is 0 Å². The highest BCUT2D eigenvalue weighted by Crippen LogP contribution is 2.29. The molecule has 70 valence electrons. The second kappa shape index (κ2) is 5.07. The summed E-state index contributed by atoms with van der Waals surface area (Å²) in [5.74, 6) is 0.253. The van der Waals surface area contributed by atoms with E-state index >= 15 is 0 Å². The van der Waals surface area contributed by atoms with Crippen molar-refractivity contribution >= 4 is 17.5 Å². The van der Waals surface area contributed by atoms with Crippen LogP contribution in [-0.2, 0) is 4.79 Å². The molecule has 1 atom stereocenters. The first-order valence-electron chi connectivity index (χ1n) is 4.31. The first-order valence-corrected chi connectivity index (χ1v) is 5.60. The van der Waals surface area contributed by atoms with Crippen LogP contribution in [0.25, 0.3) is 0 Å². The molecule has 1 aromatic carbocycles. The lowest BCUT2D eigenvalue weighted by molar-refractivity contribution is -0.117. The van der Waals surface area contributed by atoms with Gasteiger partial charge in [-0.3, -0.25) is 4.79 Å². The number of carbonyl (C=O) groups excluding carboxylic acids is 1. The molecule has 0 saturated heterocycles. The highest BCUT2D eigenvalue weighted by atomic mass is 32.2. The predicted octanol–water partition coefficient (Wildman–Crippen LogP) is 3.07. The summed E-state index contributed by atoms with van der Waals surface area (Å²) in [6.45, 7) is 1.64. The van der Waals surface area contributed by atoms with E-state index < -0.39 is 0 Å². The Balaban J connectivity index is 2.73. The Bertz CT molecular complexity index is 269.